The molecule has 28 heavy (non-hydrogen) atoms. The molecule has 1 amide bonds. The number of hydrogen-bond acceptors (Lipinski definition) is 4. The van der Waals surface area contributed by atoms with Crippen molar-refractivity contribution in [2.45, 2.75) is 58.7 Å². The Morgan fingerprint density at radius 1 is 1.07 bits per heavy atom. The third-order valence-corrected chi connectivity index (χ3v) is 6.19. The van der Waals surface area contributed by atoms with Crippen molar-refractivity contribution in [1.82, 2.24) is 9.80 Å². The van der Waals surface area contributed by atoms with Gasteiger partial charge in [-0.15, -0.1) is 12.4 Å². The summed E-state index contributed by atoms with van der Waals surface area (Å²) in [5.41, 5.74) is 1.83. The summed E-state index contributed by atoms with van der Waals surface area (Å²) in [6.45, 7) is 12.5. The van der Waals surface area contributed by atoms with E-state index >= 15 is 0 Å². The van der Waals surface area contributed by atoms with E-state index in [9.17, 15) is 4.79 Å². The highest BCUT2D eigenvalue weighted by atomic mass is 35.5. The van der Waals surface area contributed by atoms with Crippen LogP contribution in [0.4, 0.5) is 5.69 Å². The molecule has 1 aromatic carbocycles. The summed E-state index contributed by atoms with van der Waals surface area (Å²) in [6.07, 6.45) is 1.81. The summed E-state index contributed by atoms with van der Waals surface area (Å²) in [4.78, 5) is 20.1. The molecule has 154 valence electrons. The number of piperazine rings is 1. The number of benzene rings is 1. The van der Waals surface area contributed by atoms with Gasteiger partial charge in [-0.25, -0.2) is 0 Å². The van der Waals surface area contributed by atoms with Crippen LogP contribution in [0, 0.1) is 17.2 Å². The standard InChI is InChI=1S/C22H32N4O.ClH/c1-16(2)25-14-18(4)26(15-17(25)3)22(27)20-9-11-24(12-10-20)21-7-5-19(13-23)6-8-21;/h5-8,16-18,20H,9-12,14-15H2,1-4H3;1H/t17-,18+;/m0./s1. The number of carbonyl (C=O) groups excluding carboxylic acids is 1. The van der Waals surface area contributed by atoms with Gasteiger partial charge in [-0.3, -0.25) is 9.69 Å². The van der Waals surface area contributed by atoms with E-state index < -0.39 is 0 Å². The highest BCUT2D eigenvalue weighted by Crippen LogP contribution is 2.27. The van der Waals surface area contributed by atoms with Crippen LogP contribution < -0.4 is 4.90 Å². The Morgan fingerprint density at radius 2 is 1.68 bits per heavy atom. The highest BCUT2D eigenvalue weighted by molar-refractivity contribution is 5.85. The Hall–Kier alpha value is -1.77. The minimum Gasteiger partial charge on any atom is -0.371 e. The quantitative estimate of drug-likeness (QED) is 0.773. The lowest BCUT2D eigenvalue weighted by Gasteiger charge is -2.47. The van der Waals surface area contributed by atoms with E-state index in [1.165, 1.54) is 0 Å². The Labute approximate surface area is 175 Å². The summed E-state index contributed by atoms with van der Waals surface area (Å²) in [5.74, 6) is 0.483. The van der Waals surface area contributed by atoms with Gasteiger partial charge >= 0.3 is 0 Å². The molecule has 2 heterocycles. The topological polar surface area (TPSA) is 50.6 Å². The first-order valence-electron chi connectivity index (χ1n) is 10.2. The molecule has 2 aliphatic heterocycles. The van der Waals surface area contributed by atoms with Gasteiger partial charge in [0.15, 0.2) is 0 Å². The van der Waals surface area contributed by atoms with Gasteiger partial charge in [0, 0.05) is 55.9 Å². The molecule has 0 saturated carbocycles. The van der Waals surface area contributed by atoms with Crippen molar-refractivity contribution in [3.8, 4) is 6.07 Å². The molecule has 2 saturated heterocycles. The van der Waals surface area contributed by atoms with Crippen molar-refractivity contribution in [3.63, 3.8) is 0 Å². The maximum absolute atomic E-state index is 13.2. The first-order chi connectivity index (χ1) is 12.9. The number of anilines is 1. The molecule has 0 unspecified atom stereocenters. The maximum atomic E-state index is 13.2. The predicted octanol–water partition coefficient (Wildman–Crippen LogP) is 3.53. The van der Waals surface area contributed by atoms with E-state index in [4.69, 9.17) is 5.26 Å². The summed E-state index contributed by atoms with van der Waals surface area (Å²) < 4.78 is 0. The summed E-state index contributed by atoms with van der Waals surface area (Å²) in [6, 6.07) is 11.1. The Kier molecular flexibility index (Phi) is 7.74. The van der Waals surface area contributed by atoms with Gasteiger partial charge in [0.05, 0.1) is 11.6 Å². The maximum Gasteiger partial charge on any atom is 0.226 e. The largest absolute Gasteiger partial charge is 0.371 e. The van der Waals surface area contributed by atoms with Gasteiger partial charge in [0.1, 0.15) is 0 Å². The molecule has 6 heteroatoms. The van der Waals surface area contributed by atoms with E-state index in [2.05, 4.69) is 48.5 Å². The fourth-order valence-corrected chi connectivity index (χ4v) is 4.55. The van der Waals surface area contributed by atoms with E-state index in [0.29, 0.717) is 23.6 Å². The lowest BCUT2D eigenvalue weighted by molar-refractivity contribution is -0.142. The summed E-state index contributed by atoms with van der Waals surface area (Å²) in [5, 5.41) is 8.94. The van der Waals surface area contributed by atoms with Crippen molar-refractivity contribution in [3.05, 3.63) is 29.8 Å². The minimum absolute atomic E-state index is 0. The number of rotatable bonds is 3. The number of nitriles is 1. The van der Waals surface area contributed by atoms with Crippen LogP contribution in [0.5, 0.6) is 0 Å². The highest BCUT2D eigenvalue weighted by Gasteiger charge is 2.36. The first kappa shape index (κ1) is 22.5. The fourth-order valence-electron chi connectivity index (χ4n) is 4.55. The van der Waals surface area contributed by atoms with E-state index in [1.54, 1.807) is 0 Å². The molecule has 2 aliphatic rings. The van der Waals surface area contributed by atoms with Crippen LogP contribution in [0.25, 0.3) is 0 Å². The van der Waals surface area contributed by atoms with Crippen molar-refractivity contribution in [1.29, 1.82) is 5.26 Å². The Balaban J connectivity index is 0.00000280. The number of hydrogen-bond donors (Lipinski definition) is 0. The Morgan fingerprint density at radius 3 is 2.21 bits per heavy atom. The van der Waals surface area contributed by atoms with Gasteiger partial charge in [-0.05, 0) is 64.8 Å². The fraction of sp³-hybridized carbons (Fsp3) is 0.636. The molecule has 1 aromatic rings. The second kappa shape index (κ2) is 9.62. The zero-order chi connectivity index (χ0) is 19.6. The van der Waals surface area contributed by atoms with Gasteiger partial charge in [-0.1, -0.05) is 0 Å². The molecule has 2 atom stereocenters. The summed E-state index contributed by atoms with van der Waals surface area (Å²) >= 11 is 0. The third-order valence-electron chi connectivity index (χ3n) is 6.19. The lowest BCUT2D eigenvalue weighted by atomic mass is 9.93. The monoisotopic (exact) mass is 404 g/mol. The molecule has 0 aromatic heterocycles. The molecule has 0 aliphatic carbocycles. The molecular formula is C22H33ClN4O. The number of nitrogens with zero attached hydrogens (tertiary/aromatic N) is 4. The molecule has 2 fully saturated rings. The first-order valence-corrected chi connectivity index (χ1v) is 10.2. The van der Waals surface area contributed by atoms with Crippen molar-refractivity contribution < 1.29 is 4.79 Å². The zero-order valence-electron chi connectivity index (χ0n) is 17.5. The van der Waals surface area contributed by atoms with E-state index in [0.717, 1.165) is 44.7 Å². The van der Waals surface area contributed by atoms with Gasteiger partial charge in [0.25, 0.3) is 0 Å². The van der Waals surface area contributed by atoms with Crippen LogP contribution in [0.2, 0.25) is 0 Å². The number of carbonyl (C=O) groups is 1. The molecule has 0 radical (unpaired) electrons. The molecule has 0 bridgehead atoms. The van der Waals surface area contributed by atoms with Crippen molar-refractivity contribution in [2.75, 3.05) is 31.1 Å². The van der Waals surface area contributed by atoms with Crippen LogP contribution in [-0.4, -0.2) is 60.0 Å². The van der Waals surface area contributed by atoms with E-state index in [-0.39, 0.29) is 24.4 Å². The van der Waals surface area contributed by atoms with Crippen LogP contribution in [0.3, 0.4) is 0 Å². The second-order valence-corrected chi connectivity index (χ2v) is 8.40. The van der Waals surface area contributed by atoms with Crippen LogP contribution in [0.1, 0.15) is 46.1 Å². The molecule has 3 rings (SSSR count). The van der Waals surface area contributed by atoms with Gasteiger partial charge in [0.2, 0.25) is 5.91 Å². The zero-order valence-corrected chi connectivity index (χ0v) is 18.3. The third kappa shape index (κ3) is 4.79. The lowest BCUT2D eigenvalue weighted by Crippen LogP contribution is -2.60. The minimum atomic E-state index is 0. The number of amides is 1. The number of halogens is 1. The van der Waals surface area contributed by atoms with Crippen molar-refractivity contribution >= 4 is 24.0 Å². The van der Waals surface area contributed by atoms with Gasteiger partial charge < -0.3 is 9.80 Å². The second-order valence-electron chi connectivity index (χ2n) is 8.40. The molecule has 0 N–H and O–H groups in total. The molecule has 0 spiro atoms. The smallest absolute Gasteiger partial charge is 0.226 e. The molecule has 5 nitrogen and oxygen atoms in total. The van der Waals surface area contributed by atoms with Gasteiger partial charge in [-0.2, -0.15) is 5.26 Å². The summed E-state index contributed by atoms with van der Waals surface area (Å²) in [7, 11) is 0. The predicted molar refractivity (Wildman–Crippen MR) is 116 cm³/mol. The average molecular weight is 405 g/mol. The SMILES string of the molecule is CC(C)N1C[C@@H](C)N(C(=O)C2CCN(c3ccc(C#N)cc3)CC2)C[C@@H]1C.Cl. The normalized spacial score (nSPS) is 24.0. The Bertz CT molecular complexity index is 691. The van der Waals surface area contributed by atoms with Crippen LogP contribution in [-0.2, 0) is 4.79 Å². The van der Waals surface area contributed by atoms with Crippen LogP contribution in [0.15, 0.2) is 24.3 Å². The van der Waals surface area contributed by atoms with E-state index in [1.807, 2.05) is 24.3 Å². The van der Waals surface area contributed by atoms with Crippen molar-refractivity contribution in [2.24, 2.45) is 5.92 Å². The van der Waals surface area contributed by atoms with Crippen LogP contribution >= 0.6 is 12.4 Å². The average Bonchev–Trinajstić information content (AvgIpc) is 2.69. The molecular weight excluding hydrogens is 372 g/mol. The number of piperidine rings is 1.